The van der Waals surface area contributed by atoms with Gasteiger partial charge in [-0.3, -0.25) is 9.89 Å². The number of rotatable bonds is 5. The quantitative estimate of drug-likeness (QED) is 0.397. The Morgan fingerprint density at radius 2 is 1.89 bits per heavy atom. The fourth-order valence-electron chi connectivity index (χ4n) is 3.82. The average molecular weight is 483 g/mol. The summed E-state index contributed by atoms with van der Waals surface area (Å²) in [6.07, 6.45) is 7.09. The van der Waals surface area contributed by atoms with E-state index in [-0.39, 0.29) is 24.0 Å². The number of hydrogen-bond acceptors (Lipinski definition) is 3. The standard InChI is InChI=1S/C21H33N5.HI/c1-22-21(23-18-20-11-7-12-24(20)2)26-16-14-25(15-17-26)13-6-10-19-8-4-3-5-9-19;/h3-6,8-10,20H,7,11-18H2,1-2H3,(H,22,23);1H/b10-6+;. The maximum absolute atomic E-state index is 4.51. The first-order chi connectivity index (χ1) is 12.8. The molecule has 0 aliphatic carbocycles. The maximum atomic E-state index is 4.51. The number of nitrogens with zero attached hydrogens (tertiary/aromatic N) is 4. The molecular weight excluding hydrogens is 449 g/mol. The Balaban J connectivity index is 0.00000261. The molecule has 1 aromatic rings. The van der Waals surface area contributed by atoms with E-state index in [4.69, 9.17) is 0 Å². The highest BCUT2D eigenvalue weighted by Crippen LogP contribution is 2.13. The molecule has 0 saturated carbocycles. The normalized spacial score (nSPS) is 22.2. The Hall–Kier alpha value is -1.12. The number of hydrogen-bond donors (Lipinski definition) is 1. The average Bonchev–Trinajstić information content (AvgIpc) is 3.09. The molecule has 3 rings (SSSR count). The van der Waals surface area contributed by atoms with Crippen molar-refractivity contribution in [2.75, 3.05) is 59.9 Å². The minimum absolute atomic E-state index is 0. The van der Waals surface area contributed by atoms with Crippen LogP contribution in [0.15, 0.2) is 41.4 Å². The minimum atomic E-state index is 0. The van der Waals surface area contributed by atoms with Gasteiger partial charge in [0.2, 0.25) is 0 Å². The third-order valence-corrected chi connectivity index (χ3v) is 5.52. The van der Waals surface area contributed by atoms with Crippen LogP contribution in [0.2, 0.25) is 0 Å². The predicted molar refractivity (Wildman–Crippen MR) is 126 cm³/mol. The molecular formula is C21H34IN5. The van der Waals surface area contributed by atoms with Crippen LogP contribution < -0.4 is 5.32 Å². The van der Waals surface area contributed by atoms with Crippen LogP contribution in [-0.2, 0) is 0 Å². The lowest BCUT2D eigenvalue weighted by atomic mass is 10.2. The van der Waals surface area contributed by atoms with E-state index in [1.165, 1.54) is 24.9 Å². The van der Waals surface area contributed by atoms with Gasteiger partial charge in [0.15, 0.2) is 5.96 Å². The molecule has 1 atom stereocenters. The molecule has 0 aromatic heterocycles. The second-order valence-electron chi connectivity index (χ2n) is 7.31. The van der Waals surface area contributed by atoms with Crippen molar-refractivity contribution in [1.82, 2.24) is 20.0 Å². The van der Waals surface area contributed by atoms with Gasteiger partial charge in [0.25, 0.3) is 0 Å². The van der Waals surface area contributed by atoms with Gasteiger partial charge in [0.05, 0.1) is 0 Å². The zero-order valence-electron chi connectivity index (χ0n) is 16.7. The molecule has 1 unspecified atom stereocenters. The Labute approximate surface area is 181 Å². The van der Waals surface area contributed by atoms with E-state index in [0.29, 0.717) is 6.04 Å². The minimum Gasteiger partial charge on any atom is -0.355 e. The van der Waals surface area contributed by atoms with Crippen molar-refractivity contribution in [2.24, 2.45) is 4.99 Å². The molecule has 1 N–H and O–H groups in total. The monoisotopic (exact) mass is 483 g/mol. The predicted octanol–water partition coefficient (Wildman–Crippen LogP) is 2.61. The fourth-order valence-corrected chi connectivity index (χ4v) is 3.82. The van der Waals surface area contributed by atoms with Crippen LogP contribution >= 0.6 is 24.0 Å². The first kappa shape index (κ1) is 22.2. The van der Waals surface area contributed by atoms with Crippen LogP contribution in [0.1, 0.15) is 18.4 Å². The van der Waals surface area contributed by atoms with Crippen molar-refractivity contribution in [3.63, 3.8) is 0 Å². The van der Waals surface area contributed by atoms with E-state index >= 15 is 0 Å². The summed E-state index contributed by atoms with van der Waals surface area (Å²) in [6, 6.07) is 11.2. The van der Waals surface area contributed by atoms with Crippen molar-refractivity contribution >= 4 is 36.0 Å². The Kier molecular flexibility index (Phi) is 9.58. The van der Waals surface area contributed by atoms with Crippen LogP contribution in [0.3, 0.4) is 0 Å². The van der Waals surface area contributed by atoms with Crippen LogP contribution in [0, 0.1) is 0 Å². The van der Waals surface area contributed by atoms with Gasteiger partial charge < -0.3 is 15.1 Å². The van der Waals surface area contributed by atoms with Gasteiger partial charge in [-0.2, -0.15) is 0 Å². The summed E-state index contributed by atoms with van der Waals surface area (Å²) in [4.78, 5) is 11.9. The summed E-state index contributed by atoms with van der Waals surface area (Å²) >= 11 is 0. The molecule has 2 aliphatic rings. The summed E-state index contributed by atoms with van der Waals surface area (Å²) in [5, 5.41) is 3.59. The number of piperazine rings is 1. The summed E-state index contributed by atoms with van der Waals surface area (Å²) < 4.78 is 0. The van der Waals surface area contributed by atoms with Gasteiger partial charge in [0, 0.05) is 52.4 Å². The number of guanidine groups is 1. The highest BCUT2D eigenvalue weighted by atomic mass is 127. The maximum Gasteiger partial charge on any atom is 0.193 e. The molecule has 1 aromatic carbocycles. The summed E-state index contributed by atoms with van der Waals surface area (Å²) in [5.41, 5.74) is 1.27. The number of likely N-dealkylation sites (tertiary alicyclic amines) is 1. The van der Waals surface area contributed by atoms with E-state index in [1.54, 1.807) is 0 Å². The van der Waals surface area contributed by atoms with Gasteiger partial charge >= 0.3 is 0 Å². The Morgan fingerprint density at radius 1 is 1.15 bits per heavy atom. The molecule has 2 saturated heterocycles. The third kappa shape index (κ3) is 6.76. The molecule has 5 nitrogen and oxygen atoms in total. The number of aliphatic imine (C=N–C) groups is 1. The van der Waals surface area contributed by atoms with Crippen molar-refractivity contribution in [3.8, 4) is 0 Å². The van der Waals surface area contributed by atoms with E-state index < -0.39 is 0 Å². The van der Waals surface area contributed by atoms with Gasteiger partial charge in [-0.05, 0) is 32.0 Å². The largest absolute Gasteiger partial charge is 0.355 e. The van der Waals surface area contributed by atoms with E-state index in [2.05, 4.69) is 74.5 Å². The van der Waals surface area contributed by atoms with Crippen molar-refractivity contribution < 1.29 is 0 Å². The van der Waals surface area contributed by atoms with Crippen molar-refractivity contribution in [2.45, 2.75) is 18.9 Å². The molecule has 150 valence electrons. The number of halogens is 1. The zero-order chi connectivity index (χ0) is 18.2. The van der Waals surface area contributed by atoms with Crippen LogP contribution in [0.4, 0.5) is 0 Å². The van der Waals surface area contributed by atoms with Crippen molar-refractivity contribution in [3.05, 3.63) is 42.0 Å². The summed E-state index contributed by atoms with van der Waals surface area (Å²) in [7, 11) is 4.12. The van der Waals surface area contributed by atoms with Crippen LogP contribution in [-0.4, -0.2) is 86.6 Å². The zero-order valence-corrected chi connectivity index (χ0v) is 19.0. The molecule has 27 heavy (non-hydrogen) atoms. The lowest BCUT2D eigenvalue weighted by Crippen LogP contribution is -2.53. The molecule has 6 heteroatoms. The van der Waals surface area contributed by atoms with E-state index in [9.17, 15) is 0 Å². The second-order valence-corrected chi connectivity index (χ2v) is 7.31. The van der Waals surface area contributed by atoms with Crippen LogP contribution in [0.25, 0.3) is 6.08 Å². The van der Waals surface area contributed by atoms with Gasteiger partial charge in [-0.15, -0.1) is 24.0 Å². The number of likely N-dealkylation sites (N-methyl/N-ethyl adjacent to an activating group) is 1. The molecule has 2 heterocycles. The van der Waals surface area contributed by atoms with Crippen LogP contribution in [0.5, 0.6) is 0 Å². The smallest absolute Gasteiger partial charge is 0.193 e. The van der Waals surface area contributed by atoms with Gasteiger partial charge in [-0.25, -0.2) is 0 Å². The number of nitrogens with one attached hydrogen (secondary N) is 1. The highest BCUT2D eigenvalue weighted by Gasteiger charge is 2.23. The fraction of sp³-hybridized carbons (Fsp3) is 0.571. The second kappa shape index (κ2) is 11.7. The molecule has 0 amide bonds. The first-order valence-corrected chi connectivity index (χ1v) is 9.86. The lowest BCUT2D eigenvalue weighted by molar-refractivity contribution is 0.193. The molecule has 0 bridgehead atoms. The van der Waals surface area contributed by atoms with E-state index in [0.717, 1.165) is 45.2 Å². The van der Waals surface area contributed by atoms with Gasteiger partial charge in [-0.1, -0.05) is 42.5 Å². The first-order valence-electron chi connectivity index (χ1n) is 9.86. The topological polar surface area (TPSA) is 34.1 Å². The SMILES string of the molecule is CN=C(NCC1CCCN1C)N1CCN(C/C=C/c2ccccc2)CC1.I. The lowest BCUT2D eigenvalue weighted by Gasteiger charge is -2.36. The number of benzene rings is 1. The van der Waals surface area contributed by atoms with E-state index in [1.807, 2.05) is 7.05 Å². The molecule has 0 radical (unpaired) electrons. The summed E-state index contributed by atoms with van der Waals surface area (Å²) in [6.45, 7) is 7.50. The highest BCUT2D eigenvalue weighted by molar-refractivity contribution is 14.0. The third-order valence-electron chi connectivity index (χ3n) is 5.52. The molecule has 2 aliphatic heterocycles. The summed E-state index contributed by atoms with van der Waals surface area (Å²) in [5.74, 6) is 1.06. The van der Waals surface area contributed by atoms with Gasteiger partial charge in [0.1, 0.15) is 0 Å². The Bertz CT molecular complexity index is 596. The molecule has 0 spiro atoms. The molecule has 2 fully saturated rings. The van der Waals surface area contributed by atoms with Crippen molar-refractivity contribution in [1.29, 1.82) is 0 Å². The Morgan fingerprint density at radius 3 is 2.52 bits per heavy atom.